The maximum absolute atomic E-state index is 12.4. The molecule has 0 spiro atoms. The number of hydrogen-bond acceptors (Lipinski definition) is 4. The minimum atomic E-state index is -0.319. The molecule has 2 aromatic rings. The summed E-state index contributed by atoms with van der Waals surface area (Å²) in [5, 5.41) is 3.62. The Bertz CT molecular complexity index is 792. The molecule has 1 aromatic carbocycles. The third-order valence-corrected chi connectivity index (χ3v) is 5.87. The van der Waals surface area contributed by atoms with Gasteiger partial charge in [0, 0.05) is 11.3 Å². The van der Waals surface area contributed by atoms with Crippen molar-refractivity contribution in [2.45, 2.75) is 52.4 Å². The van der Waals surface area contributed by atoms with E-state index in [-0.39, 0.29) is 11.9 Å². The van der Waals surface area contributed by atoms with Crippen LogP contribution in [0.25, 0.3) is 0 Å². The summed E-state index contributed by atoms with van der Waals surface area (Å²) in [7, 11) is 0. The Labute approximate surface area is 158 Å². The highest BCUT2D eigenvalue weighted by atomic mass is 32.1. The molecule has 0 fully saturated rings. The molecule has 138 valence electrons. The summed E-state index contributed by atoms with van der Waals surface area (Å²) in [6.45, 7) is 4.19. The lowest BCUT2D eigenvalue weighted by Gasteiger charge is -2.12. The molecule has 1 aliphatic carbocycles. The Morgan fingerprint density at radius 3 is 2.62 bits per heavy atom. The van der Waals surface area contributed by atoms with E-state index in [4.69, 9.17) is 4.74 Å². The second-order valence-corrected chi connectivity index (χ2v) is 7.77. The zero-order valence-electron chi connectivity index (χ0n) is 15.4. The summed E-state index contributed by atoms with van der Waals surface area (Å²) < 4.78 is 5.23. The van der Waals surface area contributed by atoms with Gasteiger partial charge >= 0.3 is 5.97 Å². The van der Waals surface area contributed by atoms with Gasteiger partial charge in [-0.15, -0.1) is 11.3 Å². The van der Waals surface area contributed by atoms with Crippen molar-refractivity contribution >= 4 is 28.2 Å². The number of fused-ring (bicyclic) bond motifs is 1. The topological polar surface area (TPSA) is 55.4 Å². The Balaban J connectivity index is 1.71. The highest BCUT2D eigenvalue weighted by Crippen LogP contribution is 2.38. The molecule has 1 amide bonds. The molecular weight excluding hydrogens is 346 g/mol. The summed E-state index contributed by atoms with van der Waals surface area (Å²) >= 11 is 1.54. The van der Waals surface area contributed by atoms with Crippen LogP contribution in [0.1, 0.15) is 58.1 Å². The van der Waals surface area contributed by atoms with Crippen molar-refractivity contribution in [3.63, 3.8) is 0 Å². The number of thiophene rings is 1. The van der Waals surface area contributed by atoms with Crippen molar-refractivity contribution in [3.05, 3.63) is 51.4 Å². The molecule has 0 unspecified atom stereocenters. The average molecular weight is 372 g/mol. The molecule has 1 aliphatic rings. The molecule has 5 heteroatoms. The van der Waals surface area contributed by atoms with Gasteiger partial charge in [0.25, 0.3) is 0 Å². The first-order valence-electron chi connectivity index (χ1n) is 9.25. The van der Waals surface area contributed by atoms with Crippen molar-refractivity contribution < 1.29 is 14.3 Å². The first-order valence-corrected chi connectivity index (χ1v) is 10.1. The van der Waals surface area contributed by atoms with Crippen LogP contribution < -0.4 is 5.32 Å². The summed E-state index contributed by atoms with van der Waals surface area (Å²) in [6.07, 6.45) is 5.16. The molecule has 1 heterocycles. The molecular formula is C21H25NO3S. The monoisotopic (exact) mass is 371 g/mol. The van der Waals surface area contributed by atoms with Crippen molar-refractivity contribution in [2.75, 3.05) is 11.9 Å². The number of esters is 1. The van der Waals surface area contributed by atoms with Gasteiger partial charge in [0.2, 0.25) is 5.91 Å². The van der Waals surface area contributed by atoms with Gasteiger partial charge in [-0.25, -0.2) is 4.79 Å². The maximum Gasteiger partial charge on any atom is 0.341 e. The van der Waals surface area contributed by atoms with Gasteiger partial charge < -0.3 is 10.1 Å². The Kier molecular flexibility index (Phi) is 6.09. The number of carbonyl (C=O) groups excluding carboxylic acids is 2. The van der Waals surface area contributed by atoms with Crippen LogP contribution >= 0.6 is 11.3 Å². The van der Waals surface area contributed by atoms with Crippen LogP contribution in [0.3, 0.4) is 0 Å². The van der Waals surface area contributed by atoms with Crippen LogP contribution in [0.15, 0.2) is 24.3 Å². The van der Waals surface area contributed by atoms with E-state index >= 15 is 0 Å². The SMILES string of the molecule is CCOC(=O)c1c(NC(=O)CCc2ccc(C)cc2)sc2c1CCCC2. The fourth-order valence-electron chi connectivity index (χ4n) is 3.27. The van der Waals surface area contributed by atoms with Crippen molar-refractivity contribution in [1.82, 2.24) is 0 Å². The fourth-order valence-corrected chi connectivity index (χ4v) is 4.57. The van der Waals surface area contributed by atoms with E-state index in [0.717, 1.165) is 36.8 Å². The van der Waals surface area contributed by atoms with Crippen LogP contribution in [-0.2, 0) is 28.8 Å². The van der Waals surface area contributed by atoms with Crippen molar-refractivity contribution in [2.24, 2.45) is 0 Å². The number of aryl methyl sites for hydroxylation is 3. The quantitative estimate of drug-likeness (QED) is 0.750. The zero-order chi connectivity index (χ0) is 18.5. The molecule has 1 N–H and O–H groups in total. The molecule has 0 saturated carbocycles. The van der Waals surface area contributed by atoms with Gasteiger partial charge in [-0.05, 0) is 57.1 Å². The number of rotatable bonds is 6. The second kappa shape index (κ2) is 8.49. The number of amides is 1. The van der Waals surface area contributed by atoms with Crippen LogP contribution in [-0.4, -0.2) is 18.5 Å². The van der Waals surface area contributed by atoms with E-state index in [1.54, 1.807) is 6.92 Å². The van der Waals surface area contributed by atoms with E-state index in [0.29, 0.717) is 30.0 Å². The first kappa shape index (κ1) is 18.6. The van der Waals surface area contributed by atoms with E-state index < -0.39 is 0 Å². The molecule has 26 heavy (non-hydrogen) atoms. The standard InChI is InChI=1S/C21H25NO3S/c1-3-25-21(24)19-16-6-4-5-7-17(16)26-20(19)22-18(23)13-12-15-10-8-14(2)9-11-15/h8-11H,3-7,12-13H2,1-2H3,(H,22,23). The van der Waals surface area contributed by atoms with E-state index in [2.05, 4.69) is 29.6 Å². The fraction of sp³-hybridized carbons (Fsp3) is 0.429. The summed E-state index contributed by atoms with van der Waals surface area (Å²) in [4.78, 5) is 26.1. The van der Waals surface area contributed by atoms with Gasteiger partial charge in [-0.1, -0.05) is 29.8 Å². The van der Waals surface area contributed by atoms with E-state index in [9.17, 15) is 9.59 Å². The van der Waals surface area contributed by atoms with E-state index in [1.165, 1.54) is 21.8 Å². The molecule has 3 rings (SSSR count). The lowest BCUT2D eigenvalue weighted by molar-refractivity contribution is -0.116. The number of ether oxygens (including phenoxy) is 1. The number of benzene rings is 1. The van der Waals surface area contributed by atoms with Crippen LogP contribution in [0.2, 0.25) is 0 Å². The highest BCUT2D eigenvalue weighted by molar-refractivity contribution is 7.17. The van der Waals surface area contributed by atoms with Gasteiger partial charge in [-0.2, -0.15) is 0 Å². The average Bonchev–Trinajstić information content (AvgIpc) is 2.99. The van der Waals surface area contributed by atoms with Gasteiger partial charge in [0.05, 0.1) is 12.2 Å². The smallest absolute Gasteiger partial charge is 0.341 e. The normalized spacial score (nSPS) is 13.2. The minimum Gasteiger partial charge on any atom is -0.462 e. The van der Waals surface area contributed by atoms with Crippen LogP contribution in [0.5, 0.6) is 0 Å². The van der Waals surface area contributed by atoms with Gasteiger partial charge in [-0.3, -0.25) is 4.79 Å². The third kappa shape index (κ3) is 4.33. The molecule has 0 radical (unpaired) electrons. The second-order valence-electron chi connectivity index (χ2n) is 6.67. The summed E-state index contributed by atoms with van der Waals surface area (Å²) in [5.41, 5.74) is 4.01. The molecule has 0 atom stereocenters. The molecule has 0 saturated heterocycles. The van der Waals surface area contributed by atoms with Crippen LogP contribution in [0.4, 0.5) is 5.00 Å². The lowest BCUT2D eigenvalue weighted by atomic mass is 9.95. The number of anilines is 1. The summed E-state index contributed by atoms with van der Waals surface area (Å²) in [5.74, 6) is -0.379. The number of hydrogen-bond donors (Lipinski definition) is 1. The zero-order valence-corrected chi connectivity index (χ0v) is 16.2. The Morgan fingerprint density at radius 1 is 1.15 bits per heavy atom. The third-order valence-electron chi connectivity index (χ3n) is 4.67. The Morgan fingerprint density at radius 2 is 1.88 bits per heavy atom. The Hall–Kier alpha value is -2.14. The van der Waals surface area contributed by atoms with Crippen molar-refractivity contribution in [3.8, 4) is 0 Å². The van der Waals surface area contributed by atoms with Crippen molar-refractivity contribution in [1.29, 1.82) is 0 Å². The van der Waals surface area contributed by atoms with Crippen LogP contribution in [0, 0.1) is 6.92 Å². The van der Waals surface area contributed by atoms with Gasteiger partial charge in [0.1, 0.15) is 5.00 Å². The molecule has 0 aliphatic heterocycles. The summed E-state index contributed by atoms with van der Waals surface area (Å²) in [6, 6.07) is 8.21. The van der Waals surface area contributed by atoms with Gasteiger partial charge in [0.15, 0.2) is 0 Å². The maximum atomic E-state index is 12.4. The molecule has 0 bridgehead atoms. The van der Waals surface area contributed by atoms with E-state index in [1.807, 2.05) is 6.92 Å². The predicted octanol–water partition coefficient (Wildman–Crippen LogP) is 4.68. The first-order chi connectivity index (χ1) is 12.6. The number of nitrogens with one attached hydrogen (secondary N) is 1. The molecule has 1 aromatic heterocycles. The number of carbonyl (C=O) groups is 2. The largest absolute Gasteiger partial charge is 0.462 e. The minimum absolute atomic E-state index is 0.0604. The predicted molar refractivity (Wildman–Crippen MR) is 105 cm³/mol. The molecule has 4 nitrogen and oxygen atoms in total. The highest BCUT2D eigenvalue weighted by Gasteiger charge is 2.27. The lowest BCUT2D eigenvalue weighted by Crippen LogP contribution is -2.16.